The molecule has 0 aliphatic carbocycles. The van der Waals surface area contributed by atoms with Crippen molar-refractivity contribution >= 4 is 15.6 Å². The number of carbonyl (C=O) groups is 1. The van der Waals surface area contributed by atoms with Crippen LogP contribution >= 0.6 is 0 Å². The van der Waals surface area contributed by atoms with Gasteiger partial charge in [0.25, 0.3) is 0 Å². The van der Waals surface area contributed by atoms with Gasteiger partial charge in [0, 0.05) is 5.56 Å². The summed E-state index contributed by atoms with van der Waals surface area (Å²) >= 11 is 0. The molecule has 0 saturated heterocycles. The van der Waals surface area contributed by atoms with Crippen molar-refractivity contribution in [2.75, 3.05) is 5.75 Å². The van der Waals surface area contributed by atoms with Gasteiger partial charge >= 0.3 is 0 Å². The third-order valence-corrected chi connectivity index (χ3v) is 4.77. The number of benzene rings is 2. The lowest BCUT2D eigenvalue weighted by atomic mass is 10.0. The van der Waals surface area contributed by atoms with E-state index in [9.17, 15) is 17.6 Å². The topological polar surface area (TPSA) is 51.2 Å². The number of hydrogen-bond donors (Lipinski definition) is 0. The maximum absolute atomic E-state index is 13.1. The summed E-state index contributed by atoms with van der Waals surface area (Å²) in [4.78, 5) is 12.0. The molecule has 21 heavy (non-hydrogen) atoms. The molecule has 5 heteroatoms. The monoisotopic (exact) mass is 306 g/mol. The molecular weight excluding hydrogens is 291 g/mol. The van der Waals surface area contributed by atoms with Crippen LogP contribution in [0.4, 0.5) is 4.39 Å². The van der Waals surface area contributed by atoms with Crippen LogP contribution < -0.4 is 0 Å². The first-order chi connectivity index (χ1) is 9.79. The first kappa shape index (κ1) is 15.4. The van der Waals surface area contributed by atoms with Crippen molar-refractivity contribution in [3.05, 3.63) is 65.0 Å². The van der Waals surface area contributed by atoms with Crippen LogP contribution in [0.15, 0.2) is 47.4 Å². The fourth-order valence-corrected chi connectivity index (χ4v) is 3.37. The summed E-state index contributed by atoms with van der Waals surface area (Å²) in [6, 6.07) is 9.87. The lowest BCUT2D eigenvalue weighted by Gasteiger charge is -2.07. The Kier molecular flexibility index (Phi) is 4.23. The lowest BCUT2D eigenvalue weighted by Crippen LogP contribution is -2.17. The maximum atomic E-state index is 13.1. The van der Waals surface area contributed by atoms with Gasteiger partial charge in [0.2, 0.25) is 0 Å². The molecule has 2 aromatic rings. The molecule has 0 aliphatic rings. The summed E-state index contributed by atoms with van der Waals surface area (Å²) in [5.74, 6) is -1.80. The Balaban J connectivity index is 2.30. The van der Waals surface area contributed by atoms with E-state index >= 15 is 0 Å². The molecule has 0 atom stereocenters. The first-order valence-electron chi connectivity index (χ1n) is 6.38. The molecule has 0 aromatic heterocycles. The second kappa shape index (κ2) is 5.77. The van der Waals surface area contributed by atoms with Crippen molar-refractivity contribution in [2.24, 2.45) is 0 Å². The molecule has 0 fully saturated rings. The standard InChI is InChI=1S/C16H15FO3S/c1-11-6-7-15(12(2)8-11)16(18)10-21(19,20)14-5-3-4-13(17)9-14/h3-9H,10H2,1-2H3. The van der Waals surface area contributed by atoms with Gasteiger partial charge in [-0.15, -0.1) is 0 Å². The van der Waals surface area contributed by atoms with E-state index in [4.69, 9.17) is 0 Å². The number of sulfone groups is 1. The van der Waals surface area contributed by atoms with E-state index in [1.165, 1.54) is 12.1 Å². The molecule has 0 aliphatic heterocycles. The largest absolute Gasteiger partial charge is 0.293 e. The average molecular weight is 306 g/mol. The second-order valence-electron chi connectivity index (χ2n) is 4.96. The van der Waals surface area contributed by atoms with Gasteiger partial charge in [-0.2, -0.15) is 0 Å². The molecule has 0 N–H and O–H groups in total. The van der Waals surface area contributed by atoms with E-state index in [1.807, 2.05) is 13.0 Å². The number of aryl methyl sites for hydroxylation is 2. The number of ketones is 1. The van der Waals surface area contributed by atoms with Crippen LogP contribution in [0, 0.1) is 19.7 Å². The van der Waals surface area contributed by atoms with Gasteiger partial charge in [0.1, 0.15) is 11.6 Å². The number of halogens is 1. The summed E-state index contributed by atoms with van der Waals surface area (Å²) in [5.41, 5.74) is 2.10. The van der Waals surface area contributed by atoms with Crippen LogP contribution in [0.2, 0.25) is 0 Å². The molecule has 0 heterocycles. The Morgan fingerprint density at radius 1 is 1.10 bits per heavy atom. The Morgan fingerprint density at radius 3 is 2.43 bits per heavy atom. The number of carbonyl (C=O) groups excluding carboxylic acids is 1. The minimum atomic E-state index is -3.85. The summed E-state index contributed by atoms with van der Waals surface area (Å²) < 4.78 is 37.4. The molecule has 0 saturated carbocycles. The molecule has 0 radical (unpaired) electrons. The number of hydrogen-bond acceptors (Lipinski definition) is 3. The quantitative estimate of drug-likeness (QED) is 0.816. The third-order valence-electron chi connectivity index (χ3n) is 3.16. The summed E-state index contributed by atoms with van der Waals surface area (Å²) in [7, 11) is -3.85. The first-order valence-corrected chi connectivity index (χ1v) is 8.03. The highest BCUT2D eigenvalue weighted by atomic mass is 32.2. The van der Waals surface area contributed by atoms with E-state index in [0.717, 1.165) is 23.3 Å². The van der Waals surface area contributed by atoms with Gasteiger partial charge in [0.05, 0.1) is 4.90 Å². The summed E-state index contributed by atoms with van der Waals surface area (Å²) in [6.45, 7) is 3.65. The van der Waals surface area contributed by atoms with Crippen molar-refractivity contribution in [3.63, 3.8) is 0 Å². The van der Waals surface area contributed by atoms with Crippen molar-refractivity contribution < 1.29 is 17.6 Å². The molecule has 3 nitrogen and oxygen atoms in total. The predicted octanol–water partition coefficient (Wildman–Crippen LogP) is 3.10. The molecule has 110 valence electrons. The van der Waals surface area contributed by atoms with Crippen molar-refractivity contribution in [1.82, 2.24) is 0 Å². The molecule has 2 rings (SSSR count). The van der Waals surface area contributed by atoms with Gasteiger partial charge in [-0.3, -0.25) is 4.79 Å². The Morgan fingerprint density at radius 2 is 1.81 bits per heavy atom. The Labute approximate surface area is 123 Å². The fraction of sp³-hybridized carbons (Fsp3) is 0.188. The normalized spacial score (nSPS) is 11.4. The minimum absolute atomic E-state index is 0.180. The van der Waals surface area contributed by atoms with Crippen LogP contribution in [0.3, 0.4) is 0 Å². The van der Waals surface area contributed by atoms with Crippen molar-refractivity contribution in [3.8, 4) is 0 Å². The molecule has 0 bridgehead atoms. The Hall–Kier alpha value is -2.01. The van der Waals surface area contributed by atoms with Crippen LogP contribution in [0.25, 0.3) is 0 Å². The molecule has 2 aromatic carbocycles. The van der Waals surface area contributed by atoms with Gasteiger partial charge in [-0.25, -0.2) is 12.8 Å². The van der Waals surface area contributed by atoms with Gasteiger partial charge < -0.3 is 0 Å². The maximum Gasteiger partial charge on any atom is 0.185 e. The van der Waals surface area contributed by atoms with Gasteiger partial charge in [0.15, 0.2) is 15.6 Å². The van der Waals surface area contributed by atoms with E-state index in [2.05, 4.69) is 0 Å². The lowest BCUT2D eigenvalue weighted by molar-refractivity contribution is 0.102. The Bertz CT molecular complexity index is 795. The van der Waals surface area contributed by atoms with Gasteiger partial charge in [-0.05, 0) is 37.6 Å². The van der Waals surface area contributed by atoms with Gasteiger partial charge in [-0.1, -0.05) is 29.8 Å². The highest BCUT2D eigenvalue weighted by molar-refractivity contribution is 7.92. The summed E-state index contributed by atoms with van der Waals surface area (Å²) in [6.07, 6.45) is 0. The molecular formula is C16H15FO3S. The zero-order valence-electron chi connectivity index (χ0n) is 11.8. The average Bonchev–Trinajstić information content (AvgIpc) is 2.37. The molecule has 0 amide bonds. The highest BCUT2D eigenvalue weighted by Crippen LogP contribution is 2.17. The fourth-order valence-electron chi connectivity index (χ4n) is 2.12. The highest BCUT2D eigenvalue weighted by Gasteiger charge is 2.21. The van der Waals surface area contributed by atoms with E-state index in [0.29, 0.717) is 5.56 Å². The smallest absolute Gasteiger partial charge is 0.185 e. The van der Waals surface area contributed by atoms with E-state index < -0.39 is 27.2 Å². The zero-order chi connectivity index (χ0) is 15.6. The van der Waals surface area contributed by atoms with E-state index in [-0.39, 0.29) is 4.90 Å². The second-order valence-corrected chi connectivity index (χ2v) is 6.95. The van der Waals surface area contributed by atoms with Crippen LogP contribution in [0.1, 0.15) is 21.5 Å². The molecule has 0 spiro atoms. The van der Waals surface area contributed by atoms with Crippen LogP contribution in [-0.2, 0) is 9.84 Å². The third kappa shape index (κ3) is 3.55. The van der Waals surface area contributed by atoms with Crippen LogP contribution in [0.5, 0.6) is 0 Å². The van der Waals surface area contributed by atoms with Crippen LogP contribution in [-0.4, -0.2) is 20.0 Å². The summed E-state index contributed by atoms with van der Waals surface area (Å²) in [5, 5.41) is 0. The molecule has 0 unspecified atom stereocenters. The minimum Gasteiger partial charge on any atom is -0.293 e. The SMILES string of the molecule is Cc1ccc(C(=O)CS(=O)(=O)c2cccc(F)c2)c(C)c1. The number of rotatable bonds is 4. The van der Waals surface area contributed by atoms with Crippen molar-refractivity contribution in [2.45, 2.75) is 18.7 Å². The van der Waals surface area contributed by atoms with Crippen molar-refractivity contribution in [1.29, 1.82) is 0 Å². The number of Topliss-reactive ketones (excluding diaryl/α,β-unsaturated/α-hetero) is 1. The zero-order valence-corrected chi connectivity index (χ0v) is 12.6. The predicted molar refractivity (Wildman–Crippen MR) is 78.7 cm³/mol. The van der Waals surface area contributed by atoms with E-state index in [1.54, 1.807) is 19.1 Å².